The van der Waals surface area contributed by atoms with Crippen molar-refractivity contribution in [1.29, 1.82) is 0 Å². The van der Waals surface area contributed by atoms with Crippen LogP contribution in [0.5, 0.6) is 0 Å². The number of nitrogens with one attached hydrogen (secondary N) is 2. The highest BCUT2D eigenvalue weighted by molar-refractivity contribution is 5.92. The van der Waals surface area contributed by atoms with Gasteiger partial charge in [-0.1, -0.05) is 13.0 Å². The van der Waals surface area contributed by atoms with E-state index in [1.807, 2.05) is 11.8 Å². The largest absolute Gasteiger partial charge is 0.320 e. The number of nitrogens with zero attached hydrogens (tertiary/aromatic N) is 1. The number of amides is 1. The second-order valence-corrected chi connectivity index (χ2v) is 5.68. The number of benzene rings is 1. The van der Waals surface area contributed by atoms with Crippen LogP contribution in [0.1, 0.15) is 19.8 Å². The molecule has 1 fully saturated rings. The highest BCUT2D eigenvalue weighted by atomic mass is 35.5. The molecule has 1 saturated heterocycles. The maximum Gasteiger partial charge on any atom is 0.238 e. The van der Waals surface area contributed by atoms with Gasteiger partial charge < -0.3 is 10.6 Å². The molecule has 0 bridgehead atoms. The summed E-state index contributed by atoms with van der Waals surface area (Å²) in [6.45, 7) is 5.67. The van der Waals surface area contributed by atoms with Crippen molar-refractivity contribution in [3.8, 4) is 0 Å². The van der Waals surface area contributed by atoms with Gasteiger partial charge in [0.15, 0.2) is 0 Å². The standard InChI is InChI=1S/C16H23F2N3O.ClH/c1-2-21(10-12-5-4-8-19-9-12)11-15(22)20-16-13(17)6-3-7-14(16)18;/h3,6-7,12,19H,2,4-5,8-11H2,1H3,(H,20,22);1H. The highest BCUT2D eigenvalue weighted by Crippen LogP contribution is 2.18. The number of piperidine rings is 1. The van der Waals surface area contributed by atoms with E-state index in [9.17, 15) is 13.6 Å². The van der Waals surface area contributed by atoms with Crippen molar-refractivity contribution >= 4 is 24.0 Å². The molecule has 2 N–H and O–H groups in total. The van der Waals surface area contributed by atoms with Gasteiger partial charge in [0, 0.05) is 6.54 Å². The van der Waals surface area contributed by atoms with E-state index in [0.29, 0.717) is 5.92 Å². The van der Waals surface area contributed by atoms with Gasteiger partial charge in [-0.3, -0.25) is 9.69 Å². The Morgan fingerprint density at radius 3 is 2.65 bits per heavy atom. The Hall–Kier alpha value is -1.24. The fourth-order valence-electron chi connectivity index (χ4n) is 2.75. The summed E-state index contributed by atoms with van der Waals surface area (Å²) in [5, 5.41) is 5.68. The Kier molecular flexibility index (Phi) is 8.44. The SMILES string of the molecule is CCN(CC(=O)Nc1c(F)cccc1F)CC1CCCNC1.Cl. The van der Waals surface area contributed by atoms with Gasteiger partial charge in [-0.25, -0.2) is 8.78 Å². The van der Waals surface area contributed by atoms with Crippen molar-refractivity contribution in [1.82, 2.24) is 10.2 Å². The summed E-state index contributed by atoms with van der Waals surface area (Å²) < 4.78 is 27.1. The van der Waals surface area contributed by atoms with Crippen LogP contribution < -0.4 is 10.6 Å². The fraction of sp³-hybridized carbons (Fsp3) is 0.562. The fourth-order valence-corrected chi connectivity index (χ4v) is 2.75. The van der Waals surface area contributed by atoms with Crippen molar-refractivity contribution in [2.24, 2.45) is 5.92 Å². The molecule has 0 saturated carbocycles. The summed E-state index contributed by atoms with van der Waals surface area (Å²) >= 11 is 0. The molecule has 1 aromatic rings. The van der Waals surface area contributed by atoms with Crippen LogP contribution in [0.2, 0.25) is 0 Å². The topological polar surface area (TPSA) is 44.4 Å². The maximum atomic E-state index is 13.5. The smallest absolute Gasteiger partial charge is 0.238 e. The normalized spacial score (nSPS) is 17.7. The van der Waals surface area contributed by atoms with Crippen LogP contribution in [0, 0.1) is 17.6 Å². The van der Waals surface area contributed by atoms with Gasteiger partial charge in [-0.2, -0.15) is 0 Å². The zero-order valence-electron chi connectivity index (χ0n) is 13.3. The van der Waals surface area contributed by atoms with Crippen LogP contribution in [-0.2, 0) is 4.79 Å². The summed E-state index contributed by atoms with van der Waals surface area (Å²) in [5.41, 5.74) is -0.372. The Labute approximate surface area is 142 Å². The van der Waals surface area contributed by atoms with Crippen LogP contribution in [0.15, 0.2) is 18.2 Å². The van der Waals surface area contributed by atoms with Gasteiger partial charge in [0.05, 0.1) is 6.54 Å². The van der Waals surface area contributed by atoms with Crippen LogP contribution in [-0.4, -0.2) is 43.5 Å². The molecular weight excluding hydrogens is 324 g/mol. The molecule has 7 heteroatoms. The van der Waals surface area contributed by atoms with E-state index in [-0.39, 0.29) is 24.6 Å². The zero-order valence-corrected chi connectivity index (χ0v) is 14.1. The molecule has 1 amide bonds. The summed E-state index contributed by atoms with van der Waals surface area (Å²) in [6, 6.07) is 3.53. The van der Waals surface area contributed by atoms with E-state index in [1.54, 1.807) is 0 Å². The van der Waals surface area contributed by atoms with Crippen LogP contribution >= 0.6 is 12.4 Å². The van der Waals surface area contributed by atoms with Gasteiger partial charge >= 0.3 is 0 Å². The summed E-state index contributed by atoms with van der Waals surface area (Å²) in [5.74, 6) is -1.39. The quantitative estimate of drug-likeness (QED) is 0.831. The molecular formula is C16H24ClF2N3O. The summed E-state index contributed by atoms with van der Waals surface area (Å²) in [6.07, 6.45) is 2.29. The molecule has 1 unspecified atom stereocenters. The average Bonchev–Trinajstić information content (AvgIpc) is 2.51. The minimum atomic E-state index is -0.757. The van der Waals surface area contributed by atoms with Crippen molar-refractivity contribution in [2.75, 3.05) is 38.0 Å². The molecule has 4 nitrogen and oxygen atoms in total. The molecule has 1 aromatic carbocycles. The minimum absolute atomic E-state index is 0. The van der Waals surface area contributed by atoms with Crippen LogP contribution in [0.4, 0.5) is 14.5 Å². The Balaban J connectivity index is 0.00000264. The molecule has 0 radical (unpaired) electrons. The molecule has 2 rings (SSSR count). The number of hydrogen-bond donors (Lipinski definition) is 2. The minimum Gasteiger partial charge on any atom is -0.320 e. The van der Waals surface area contributed by atoms with Crippen molar-refractivity contribution in [3.05, 3.63) is 29.8 Å². The lowest BCUT2D eigenvalue weighted by atomic mass is 9.99. The van der Waals surface area contributed by atoms with E-state index in [0.717, 1.165) is 51.2 Å². The summed E-state index contributed by atoms with van der Waals surface area (Å²) in [4.78, 5) is 14.0. The number of rotatable bonds is 6. The molecule has 0 aliphatic carbocycles. The second kappa shape index (κ2) is 9.80. The third-order valence-corrected chi connectivity index (χ3v) is 3.96. The molecule has 1 heterocycles. The summed E-state index contributed by atoms with van der Waals surface area (Å²) in [7, 11) is 0. The monoisotopic (exact) mass is 347 g/mol. The number of hydrogen-bond acceptors (Lipinski definition) is 3. The predicted molar refractivity (Wildman–Crippen MR) is 89.9 cm³/mol. The maximum absolute atomic E-state index is 13.5. The predicted octanol–water partition coefficient (Wildman–Crippen LogP) is 2.65. The number of para-hydroxylation sites is 1. The third-order valence-electron chi connectivity index (χ3n) is 3.96. The molecule has 130 valence electrons. The Bertz CT molecular complexity index is 490. The van der Waals surface area contributed by atoms with Crippen LogP contribution in [0.25, 0.3) is 0 Å². The number of carbonyl (C=O) groups excluding carboxylic acids is 1. The number of halogens is 3. The third kappa shape index (κ3) is 6.05. The van der Waals surface area contributed by atoms with Gasteiger partial charge in [0.2, 0.25) is 5.91 Å². The van der Waals surface area contributed by atoms with Crippen molar-refractivity contribution in [3.63, 3.8) is 0 Å². The first-order chi connectivity index (χ1) is 10.6. The number of anilines is 1. The van der Waals surface area contributed by atoms with E-state index >= 15 is 0 Å². The lowest BCUT2D eigenvalue weighted by Gasteiger charge is -2.29. The van der Waals surface area contributed by atoms with Gasteiger partial charge in [0.25, 0.3) is 0 Å². The number of carbonyl (C=O) groups is 1. The number of likely N-dealkylation sites (N-methyl/N-ethyl adjacent to an activating group) is 1. The van der Waals surface area contributed by atoms with Crippen molar-refractivity contribution in [2.45, 2.75) is 19.8 Å². The molecule has 23 heavy (non-hydrogen) atoms. The van der Waals surface area contributed by atoms with E-state index in [2.05, 4.69) is 10.6 Å². The van der Waals surface area contributed by atoms with Crippen LogP contribution in [0.3, 0.4) is 0 Å². The first-order valence-electron chi connectivity index (χ1n) is 7.77. The lowest BCUT2D eigenvalue weighted by molar-refractivity contribution is -0.117. The van der Waals surface area contributed by atoms with E-state index < -0.39 is 17.5 Å². The van der Waals surface area contributed by atoms with E-state index in [1.165, 1.54) is 6.07 Å². The first kappa shape index (κ1) is 19.8. The first-order valence-corrected chi connectivity index (χ1v) is 7.77. The lowest BCUT2D eigenvalue weighted by Crippen LogP contribution is -2.41. The van der Waals surface area contributed by atoms with Gasteiger partial charge in [0.1, 0.15) is 17.3 Å². The Morgan fingerprint density at radius 2 is 2.09 bits per heavy atom. The highest BCUT2D eigenvalue weighted by Gasteiger charge is 2.19. The van der Waals surface area contributed by atoms with Gasteiger partial charge in [-0.05, 0) is 50.5 Å². The Morgan fingerprint density at radius 1 is 1.39 bits per heavy atom. The van der Waals surface area contributed by atoms with E-state index in [4.69, 9.17) is 0 Å². The second-order valence-electron chi connectivity index (χ2n) is 5.68. The van der Waals surface area contributed by atoms with Gasteiger partial charge in [-0.15, -0.1) is 12.4 Å². The molecule has 0 aromatic heterocycles. The van der Waals surface area contributed by atoms with Crippen molar-refractivity contribution < 1.29 is 13.6 Å². The average molecular weight is 348 g/mol. The molecule has 1 aliphatic heterocycles. The molecule has 0 spiro atoms. The zero-order chi connectivity index (χ0) is 15.9. The molecule has 1 aliphatic rings. The molecule has 1 atom stereocenters.